The molecule has 2 aromatic rings. The predicted molar refractivity (Wildman–Crippen MR) is 84.6 cm³/mol. The summed E-state index contributed by atoms with van der Waals surface area (Å²) in [5, 5.41) is 0. The van der Waals surface area contributed by atoms with E-state index < -0.39 is 0 Å². The number of benzene rings is 1. The Morgan fingerprint density at radius 2 is 2.12 bits per heavy atom. The molecule has 0 aliphatic carbocycles. The number of ether oxygens (including phenoxy) is 2. The van der Waals surface area contributed by atoms with E-state index in [-0.39, 0.29) is 34.7 Å². The Kier molecular flexibility index (Phi) is 4.61. The minimum Gasteiger partial charge on any atom is -0.491 e. The zero-order valence-corrected chi connectivity index (χ0v) is 13.1. The number of morpholine rings is 1. The van der Waals surface area contributed by atoms with Crippen molar-refractivity contribution < 1.29 is 18.7 Å². The van der Waals surface area contributed by atoms with E-state index in [2.05, 4.69) is 4.98 Å². The van der Waals surface area contributed by atoms with Gasteiger partial charge in [0.15, 0.2) is 5.75 Å². The summed E-state index contributed by atoms with van der Waals surface area (Å²) in [6, 6.07) is 7.23. The number of nitrogens with zero attached hydrogens (tertiary/aromatic N) is 1. The van der Waals surface area contributed by atoms with E-state index in [1.54, 1.807) is 17.0 Å². The van der Waals surface area contributed by atoms with Gasteiger partial charge in [0, 0.05) is 18.8 Å². The van der Waals surface area contributed by atoms with E-state index in [1.165, 1.54) is 31.5 Å². The Labute approximate surface area is 137 Å². The van der Waals surface area contributed by atoms with Crippen LogP contribution in [0.4, 0.5) is 4.39 Å². The third-order valence-electron chi connectivity index (χ3n) is 3.92. The molecule has 1 amide bonds. The largest absolute Gasteiger partial charge is 0.491 e. The number of nitrogens with one attached hydrogen (secondary N) is 1. The van der Waals surface area contributed by atoms with E-state index in [0.29, 0.717) is 19.7 Å². The molecule has 0 radical (unpaired) electrons. The van der Waals surface area contributed by atoms with Crippen LogP contribution in [0.3, 0.4) is 0 Å². The molecule has 6 nitrogen and oxygen atoms in total. The van der Waals surface area contributed by atoms with Crippen LogP contribution < -0.4 is 10.2 Å². The molecule has 1 N–H and O–H groups in total. The molecule has 0 saturated carbocycles. The minimum atomic E-state index is -0.358. The van der Waals surface area contributed by atoms with E-state index in [1.807, 2.05) is 0 Å². The molecule has 1 saturated heterocycles. The molecule has 1 aliphatic rings. The van der Waals surface area contributed by atoms with Crippen LogP contribution in [0.5, 0.6) is 5.75 Å². The quantitative estimate of drug-likeness (QED) is 0.929. The Balaban J connectivity index is 1.76. The first-order valence-corrected chi connectivity index (χ1v) is 7.51. The Morgan fingerprint density at radius 3 is 2.79 bits per heavy atom. The van der Waals surface area contributed by atoms with E-state index >= 15 is 0 Å². The molecule has 1 aromatic heterocycles. The maximum Gasteiger partial charge on any atom is 0.270 e. The summed E-state index contributed by atoms with van der Waals surface area (Å²) in [4.78, 5) is 28.8. The molecule has 1 fully saturated rings. The number of aromatic amines is 1. The average Bonchev–Trinajstić information content (AvgIpc) is 2.61. The van der Waals surface area contributed by atoms with Crippen LogP contribution in [0.15, 0.2) is 41.3 Å². The van der Waals surface area contributed by atoms with Gasteiger partial charge in [-0.2, -0.15) is 0 Å². The molecule has 2 heterocycles. The topological polar surface area (TPSA) is 71.6 Å². The third-order valence-corrected chi connectivity index (χ3v) is 3.92. The van der Waals surface area contributed by atoms with Gasteiger partial charge < -0.3 is 19.4 Å². The predicted octanol–water partition coefficient (Wildman–Crippen LogP) is 1.74. The van der Waals surface area contributed by atoms with Crippen LogP contribution >= 0.6 is 0 Å². The highest BCUT2D eigenvalue weighted by Gasteiger charge is 2.26. The highest BCUT2D eigenvalue weighted by Crippen LogP contribution is 2.23. The molecular formula is C17H17FN2O4. The number of pyridine rings is 1. The van der Waals surface area contributed by atoms with Gasteiger partial charge >= 0.3 is 0 Å². The van der Waals surface area contributed by atoms with Crippen molar-refractivity contribution in [1.82, 2.24) is 9.88 Å². The van der Waals surface area contributed by atoms with Gasteiger partial charge in [-0.3, -0.25) is 9.59 Å². The van der Waals surface area contributed by atoms with Gasteiger partial charge in [-0.15, -0.1) is 0 Å². The van der Waals surface area contributed by atoms with Crippen molar-refractivity contribution in [2.75, 3.05) is 26.8 Å². The van der Waals surface area contributed by atoms with Crippen molar-refractivity contribution >= 4 is 5.91 Å². The van der Waals surface area contributed by atoms with Gasteiger partial charge in [-0.25, -0.2) is 4.39 Å². The molecule has 3 rings (SSSR count). The highest BCUT2D eigenvalue weighted by atomic mass is 19.1. The lowest BCUT2D eigenvalue weighted by atomic mass is 10.1. The summed E-state index contributed by atoms with van der Waals surface area (Å²) in [7, 11) is 1.39. The number of amides is 1. The number of hydrogen-bond acceptors (Lipinski definition) is 4. The lowest BCUT2D eigenvalue weighted by molar-refractivity contribution is -0.0230. The molecule has 1 aliphatic heterocycles. The molecule has 1 aromatic carbocycles. The number of rotatable bonds is 3. The number of hydrogen-bond donors (Lipinski definition) is 1. The van der Waals surface area contributed by atoms with Crippen LogP contribution in [0.2, 0.25) is 0 Å². The lowest BCUT2D eigenvalue weighted by Crippen LogP contribution is -2.42. The molecular weight excluding hydrogens is 315 g/mol. The number of carbonyl (C=O) groups excluding carboxylic acids is 1. The second-order valence-corrected chi connectivity index (χ2v) is 5.44. The van der Waals surface area contributed by atoms with Gasteiger partial charge in [0.2, 0.25) is 5.43 Å². The van der Waals surface area contributed by atoms with Gasteiger partial charge in [0.05, 0.1) is 20.3 Å². The van der Waals surface area contributed by atoms with Crippen molar-refractivity contribution in [3.05, 3.63) is 63.8 Å². The molecule has 0 bridgehead atoms. The number of aromatic nitrogens is 1. The molecule has 7 heteroatoms. The van der Waals surface area contributed by atoms with Gasteiger partial charge in [0.1, 0.15) is 17.6 Å². The summed E-state index contributed by atoms with van der Waals surface area (Å²) in [5.41, 5.74) is 0.639. The molecule has 1 atom stereocenters. The second-order valence-electron chi connectivity index (χ2n) is 5.44. The third kappa shape index (κ3) is 3.30. The van der Waals surface area contributed by atoms with Crippen molar-refractivity contribution in [3.8, 4) is 5.75 Å². The van der Waals surface area contributed by atoms with Crippen molar-refractivity contribution in [2.24, 2.45) is 0 Å². The molecule has 24 heavy (non-hydrogen) atoms. The van der Waals surface area contributed by atoms with Gasteiger partial charge in [0.25, 0.3) is 5.91 Å². The lowest BCUT2D eigenvalue weighted by Gasteiger charge is -2.33. The summed E-state index contributed by atoms with van der Waals surface area (Å²) in [6.07, 6.45) is 1.04. The van der Waals surface area contributed by atoms with Crippen LogP contribution in [0.25, 0.3) is 0 Å². The van der Waals surface area contributed by atoms with Crippen LogP contribution in [0, 0.1) is 5.82 Å². The Bertz CT molecular complexity index is 788. The van der Waals surface area contributed by atoms with Crippen LogP contribution in [0.1, 0.15) is 22.2 Å². The fraction of sp³-hybridized carbons (Fsp3) is 0.294. The second kappa shape index (κ2) is 6.84. The minimum absolute atomic E-state index is 0.151. The first-order valence-electron chi connectivity index (χ1n) is 7.51. The van der Waals surface area contributed by atoms with Crippen molar-refractivity contribution in [3.63, 3.8) is 0 Å². The molecule has 0 unspecified atom stereocenters. The number of halogens is 1. The van der Waals surface area contributed by atoms with Crippen molar-refractivity contribution in [2.45, 2.75) is 6.10 Å². The first kappa shape index (κ1) is 16.2. The molecule has 0 spiro atoms. The van der Waals surface area contributed by atoms with E-state index in [4.69, 9.17) is 9.47 Å². The Morgan fingerprint density at radius 1 is 1.38 bits per heavy atom. The average molecular weight is 332 g/mol. The summed E-state index contributed by atoms with van der Waals surface area (Å²) in [6.45, 7) is 1.12. The fourth-order valence-corrected chi connectivity index (χ4v) is 2.62. The Hall–Kier alpha value is -2.67. The zero-order chi connectivity index (χ0) is 17.1. The van der Waals surface area contributed by atoms with E-state index in [9.17, 15) is 14.0 Å². The fourth-order valence-electron chi connectivity index (χ4n) is 2.62. The first-order chi connectivity index (χ1) is 11.6. The number of H-pyrrole nitrogens is 1. The highest BCUT2D eigenvalue weighted by molar-refractivity contribution is 5.92. The standard InChI is InChI=1S/C17H17FN2O4/c1-23-15-9-19-13(8-14(15)21)17(22)20-6-7-24-16(10-20)11-2-4-12(18)5-3-11/h2-5,8-9,16H,6-7,10H2,1H3,(H,19,21)/t16-/m1/s1. The smallest absolute Gasteiger partial charge is 0.270 e. The van der Waals surface area contributed by atoms with Gasteiger partial charge in [-0.05, 0) is 17.7 Å². The zero-order valence-electron chi connectivity index (χ0n) is 13.1. The number of methoxy groups -OCH3 is 1. The summed E-state index contributed by atoms with van der Waals surface area (Å²) >= 11 is 0. The summed E-state index contributed by atoms with van der Waals surface area (Å²) < 4.78 is 23.6. The van der Waals surface area contributed by atoms with E-state index in [0.717, 1.165) is 5.56 Å². The maximum atomic E-state index is 13.0. The monoisotopic (exact) mass is 332 g/mol. The normalized spacial score (nSPS) is 17.6. The van der Waals surface area contributed by atoms with Gasteiger partial charge in [-0.1, -0.05) is 12.1 Å². The van der Waals surface area contributed by atoms with Crippen LogP contribution in [-0.4, -0.2) is 42.6 Å². The maximum absolute atomic E-state index is 13.0. The SMILES string of the molecule is COc1c[nH]c(C(=O)N2CCO[C@@H](c3ccc(F)cc3)C2)cc1=O. The molecule has 126 valence electrons. The summed E-state index contributed by atoms with van der Waals surface area (Å²) in [5.74, 6) is -0.457. The van der Waals surface area contributed by atoms with Crippen molar-refractivity contribution in [1.29, 1.82) is 0 Å². The van der Waals surface area contributed by atoms with Crippen LogP contribution in [-0.2, 0) is 4.74 Å². The number of carbonyl (C=O) groups is 1.